The molecule has 0 spiro atoms. The maximum absolute atomic E-state index is 12.8. The number of hydrogen-bond donors (Lipinski definition) is 0. The monoisotopic (exact) mass is 150 g/mol. The van der Waals surface area contributed by atoms with Crippen LogP contribution in [-0.2, 0) is 0 Å². The Morgan fingerprint density at radius 1 is 1.60 bits per heavy atom. The molecule has 1 rings (SSSR count). The van der Waals surface area contributed by atoms with Crippen molar-refractivity contribution in [2.75, 3.05) is 0 Å². The van der Waals surface area contributed by atoms with Crippen molar-refractivity contribution in [1.29, 1.82) is 0 Å². The van der Waals surface area contributed by atoms with Crippen molar-refractivity contribution in [2.24, 2.45) is 11.3 Å². The summed E-state index contributed by atoms with van der Waals surface area (Å²) >= 11 is 0. The molecule has 0 amide bonds. The van der Waals surface area contributed by atoms with E-state index in [-0.39, 0.29) is 12.3 Å². The summed E-state index contributed by atoms with van der Waals surface area (Å²) in [5, 5.41) is 0. The van der Waals surface area contributed by atoms with E-state index in [0.717, 1.165) is 0 Å². The van der Waals surface area contributed by atoms with Gasteiger partial charge in [-0.05, 0) is 12.3 Å². The van der Waals surface area contributed by atoms with Crippen LogP contribution in [0.4, 0.5) is 8.78 Å². The van der Waals surface area contributed by atoms with E-state index < -0.39 is 17.7 Å². The first-order valence-corrected chi connectivity index (χ1v) is 3.53. The molecular formula is C8H14F2. The van der Waals surface area contributed by atoms with E-state index in [4.69, 9.17) is 2.74 Å². The molecule has 0 aromatic heterocycles. The zero-order valence-corrected chi connectivity index (χ0v) is 6.54. The maximum atomic E-state index is 12.8. The first-order valence-electron chi connectivity index (χ1n) is 4.53. The highest BCUT2D eigenvalue weighted by atomic mass is 19.3. The zero-order chi connectivity index (χ0) is 9.78. The Morgan fingerprint density at radius 2 is 2.00 bits per heavy atom. The molecule has 0 heterocycles. The second-order valence-corrected chi connectivity index (χ2v) is 3.51. The van der Waals surface area contributed by atoms with Crippen LogP contribution in [-0.4, -0.2) is 5.92 Å². The smallest absolute Gasteiger partial charge is 0.206 e. The number of rotatable bonds is 2. The quantitative estimate of drug-likeness (QED) is 0.567. The lowest BCUT2D eigenvalue weighted by Gasteiger charge is -2.11. The van der Waals surface area contributed by atoms with Gasteiger partial charge in [-0.25, -0.2) is 8.78 Å². The second kappa shape index (κ2) is 1.93. The van der Waals surface area contributed by atoms with Gasteiger partial charge < -0.3 is 0 Å². The fourth-order valence-electron chi connectivity index (χ4n) is 1.19. The SMILES string of the molecule is [2H]C([2H])(C(C)C)[C@@]1(C)CC1(F)F. The molecule has 0 radical (unpaired) electrons. The maximum Gasteiger partial charge on any atom is 0.254 e. The summed E-state index contributed by atoms with van der Waals surface area (Å²) in [6.07, 6.45) is -2.08. The van der Waals surface area contributed by atoms with Gasteiger partial charge in [0.2, 0.25) is 0 Å². The predicted octanol–water partition coefficient (Wildman–Crippen LogP) is 3.08. The zero-order valence-electron chi connectivity index (χ0n) is 8.54. The van der Waals surface area contributed by atoms with Gasteiger partial charge >= 0.3 is 0 Å². The molecule has 2 heteroatoms. The van der Waals surface area contributed by atoms with E-state index in [1.165, 1.54) is 6.92 Å². The number of halogens is 2. The third kappa shape index (κ3) is 1.16. The van der Waals surface area contributed by atoms with Crippen molar-refractivity contribution in [2.45, 2.75) is 39.5 Å². The molecule has 1 aliphatic carbocycles. The van der Waals surface area contributed by atoms with Gasteiger partial charge in [0.15, 0.2) is 0 Å². The average Bonchev–Trinajstić information content (AvgIpc) is 2.33. The van der Waals surface area contributed by atoms with Gasteiger partial charge in [0.1, 0.15) is 0 Å². The average molecular weight is 150 g/mol. The Bertz CT molecular complexity index is 198. The van der Waals surface area contributed by atoms with Crippen molar-refractivity contribution in [3.8, 4) is 0 Å². The molecule has 0 N–H and O–H groups in total. The summed E-state index contributed by atoms with van der Waals surface area (Å²) in [6, 6.07) is 0. The lowest BCUT2D eigenvalue weighted by molar-refractivity contribution is 0.0623. The lowest BCUT2D eigenvalue weighted by atomic mass is 9.96. The number of hydrogen-bond acceptors (Lipinski definition) is 0. The van der Waals surface area contributed by atoms with Crippen LogP contribution in [0.25, 0.3) is 0 Å². The molecule has 0 aliphatic heterocycles. The van der Waals surface area contributed by atoms with Crippen molar-refractivity contribution >= 4 is 0 Å². The molecule has 0 nitrogen and oxygen atoms in total. The molecule has 0 aromatic carbocycles. The molecule has 1 aliphatic rings. The van der Waals surface area contributed by atoms with Crippen molar-refractivity contribution in [1.82, 2.24) is 0 Å². The van der Waals surface area contributed by atoms with Crippen LogP contribution in [0.15, 0.2) is 0 Å². The molecule has 0 aromatic rings. The lowest BCUT2D eigenvalue weighted by Crippen LogP contribution is -2.09. The Hall–Kier alpha value is -0.140. The van der Waals surface area contributed by atoms with Crippen LogP contribution >= 0.6 is 0 Å². The summed E-state index contributed by atoms with van der Waals surface area (Å²) < 4.78 is 40.7. The Balaban J connectivity index is 2.85. The van der Waals surface area contributed by atoms with Gasteiger partial charge in [-0.2, -0.15) is 0 Å². The molecule has 0 bridgehead atoms. The fourth-order valence-corrected chi connectivity index (χ4v) is 1.19. The van der Waals surface area contributed by atoms with E-state index in [1.807, 2.05) is 0 Å². The fraction of sp³-hybridized carbons (Fsp3) is 1.00. The summed E-state index contributed by atoms with van der Waals surface area (Å²) in [7, 11) is 0. The van der Waals surface area contributed by atoms with Crippen LogP contribution in [0, 0.1) is 11.3 Å². The normalized spacial score (nSPS) is 41.0. The minimum atomic E-state index is -2.80. The Kier molecular flexibility index (Phi) is 1.06. The Labute approximate surface area is 63.4 Å². The molecule has 10 heavy (non-hydrogen) atoms. The van der Waals surface area contributed by atoms with E-state index >= 15 is 0 Å². The van der Waals surface area contributed by atoms with Gasteiger partial charge in [0.05, 0.1) is 0 Å². The summed E-state index contributed by atoms with van der Waals surface area (Å²) in [5.74, 6) is -3.17. The van der Waals surface area contributed by atoms with Gasteiger partial charge in [-0.3, -0.25) is 0 Å². The summed E-state index contributed by atoms with van der Waals surface area (Å²) in [5.41, 5.74) is -1.44. The van der Waals surface area contributed by atoms with Crippen molar-refractivity contribution in [3.63, 3.8) is 0 Å². The highest BCUT2D eigenvalue weighted by Crippen LogP contribution is 2.63. The van der Waals surface area contributed by atoms with Crippen LogP contribution in [0.5, 0.6) is 0 Å². The van der Waals surface area contributed by atoms with Crippen molar-refractivity contribution < 1.29 is 11.5 Å². The van der Waals surface area contributed by atoms with E-state index in [2.05, 4.69) is 0 Å². The molecule has 60 valence electrons. The highest BCUT2D eigenvalue weighted by Gasteiger charge is 2.67. The van der Waals surface area contributed by atoms with E-state index in [1.54, 1.807) is 13.8 Å². The molecule has 0 unspecified atom stereocenters. The first kappa shape index (κ1) is 5.50. The topological polar surface area (TPSA) is 0 Å². The third-order valence-electron chi connectivity index (χ3n) is 1.87. The molecule has 1 fully saturated rings. The molecular weight excluding hydrogens is 134 g/mol. The second-order valence-electron chi connectivity index (χ2n) is 3.51. The van der Waals surface area contributed by atoms with Gasteiger partial charge in [0, 0.05) is 14.6 Å². The largest absolute Gasteiger partial charge is 0.254 e. The summed E-state index contributed by atoms with van der Waals surface area (Å²) in [6.45, 7) is 4.60. The molecule has 1 saturated carbocycles. The van der Waals surface area contributed by atoms with Crippen LogP contribution in [0.1, 0.15) is 36.3 Å². The highest BCUT2D eigenvalue weighted by molar-refractivity contribution is 5.06. The van der Waals surface area contributed by atoms with E-state index in [0.29, 0.717) is 0 Å². The molecule has 1 atom stereocenters. The van der Waals surface area contributed by atoms with Gasteiger partial charge in [-0.1, -0.05) is 20.8 Å². The van der Waals surface area contributed by atoms with Crippen LogP contribution in [0.2, 0.25) is 0 Å². The first-order chi connectivity index (χ1) is 5.15. The van der Waals surface area contributed by atoms with Gasteiger partial charge in [0.25, 0.3) is 5.92 Å². The van der Waals surface area contributed by atoms with Crippen molar-refractivity contribution in [3.05, 3.63) is 0 Å². The Morgan fingerprint density at radius 3 is 2.10 bits per heavy atom. The number of alkyl halides is 2. The van der Waals surface area contributed by atoms with Crippen LogP contribution < -0.4 is 0 Å². The third-order valence-corrected chi connectivity index (χ3v) is 1.87. The predicted molar refractivity (Wildman–Crippen MR) is 37.1 cm³/mol. The summed E-state index contributed by atoms with van der Waals surface area (Å²) in [4.78, 5) is 0. The minimum Gasteiger partial charge on any atom is -0.206 e. The minimum absolute atomic E-state index is 0.314. The van der Waals surface area contributed by atoms with Gasteiger partial charge in [-0.15, -0.1) is 0 Å². The van der Waals surface area contributed by atoms with Crippen LogP contribution in [0.3, 0.4) is 0 Å². The van der Waals surface area contributed by atoms with E-state index in [9.17, 15) is 8.78 Å². The standard InChI is InChI=1S/C8H14F2/c1-6(2)4-7(3)5-8(7,9)10/h6H,4-5H2,1-3H3/t7-/m0/s1/i4D2. The molecule has 0 saturated heterocycles.